The fourth-order valence-electron chi connectivity index (χ4n) is 4.62. The normalized spacial score (nSPS) is 24.4. The van der Waals surface area contributed by atoms with E-state index in [9.17, 15) is 14.3 Å². The molecule has 8 heteroatoms. The van der Waals surface area contributed by atoms with Crippen LogP contribution in [0.1, 0.15) is 26.3 Å². The third kappa shape index (κ3) is 2.98. The molecule has 1 saturated heterocycles. The van der Waals surface area contributed by atoms with Gasteiger partial charge in [-0.25, -0.2) is 18.2 Å². The van der Waals surface area contributed by atoms with Gasteiger partial charge in [0.05, 0.1) is 10.9 Å². The van der Waals surface area contributed by atoms with Crippen LogP contribution in [-0.2, 0) is 10.4 Å². The Labute approximate surface area is 171 Å². The van der Waals surface area contributed by atoms with Gasteiger partial charge >= 0.3 is 0 Å². The number of benzene rings is 1. The summed E-state index contributed by atoms with van der Waals surface area (Å²) in [5.41, 5.74) is -1.50. The van der Waals surface area contributed by atoms with E-state index in [1.165, 1.54) is 19.2 Å². The second-order valence-corrected chi connectivity index (χ2v) is 8.09. The molecule has 0 unspecified atom stereocenters. The molecular formula is C22H22F3N3O2. The number of carbonyl (C=O) groups is 1. The number of amides is 1. The summed E-state index contributed by atoms with van der Waals surface area (Å²) >= 11 is 0. The summed E-state index contributed by atoms with van der Waals surface area (Å²) in [6, 6.07) is 3.70. The maximum atomic E-state index is 15.3. The molecule has 158 valence electrons. The number of H-pyrrole nitrogens is 1. The summed E-state index contributed by atoms with van der Waals surface area (Å²) < 4.78 is 44.7. The Balaban J connectivity index is 1.82. The molecular weight excluding hydrogens is 395 g/mol. The number of hydrogen-bond acceptors (Lipinski definition) is 3. The second kappa shape index (κ2) is 7.12. The molecule has 0 saturated carbocycles. The number of likely N-dealkylation sites (tertiary alicyclic amines) is 1. The summed E-state index contributed by atoms with van der Waals surface area (Å²) in [7, 11) is 0. The van der Waals surface area contributed by atoms with Crippen LogP contribution in [-0.4, -0.2) is 39.0 Å². The van der Waals surface area contributed by atoms with Crippen LogP contribution >= 0.6 is 0 Å². The van der Waals surface area contributed by atoms with Crippen molar-refractivity contribution in [3.05, 3.63) is 53.6 Å². The first kappa shape index (κ1) is 20.4. The van der Waals surface area contributed by atoms with E-state index in [0.29, 0.717) is 5.56 Å². The first-order valence-corrected chi connectivity index (χ1v) is 9.74. The quantitative estimate of drug-likeness (QED) is 0.663. The molecule has 30 heavy (non-hydrogen) atoms. The van der Waals surface area contributed by atoms with Gasteiger partial charge in [0.2, 0.25) is 5.91 Å². The topological polar surface area (TPSA) is 69.2 Å². The maximum Gasteiger partial charge on any atom is 0.219 e. The van der Waals surface area contributed by atoms with Gasteiger partial charge < -0.3 is 15.0 Å². The van der Waals surface area contributed by atoms with Crippen LogP contribution in [0.4, 0.5) is 13.2 Å². The van der Waals surface area contributed by atoms with Gasteiger partial charge in [0, 0.05) is 44.2 Å². The third-order valence-corrected chi connectivity index (χ3v) is 6.22. The van der Waals surface area contributed by atoms with Crippen molar-refractivity contribution in [2.24, 2.45) is 11.8 Å². The molecule has 5 nitrogen and oxygen atoms in total. The van der Waals surface area contributed by atoms with Crippen molar-refractivity contribution in [3.63, 3.8) is 0 Å². The molecule has 0 aliphatic carbocycles. The van der Waals surface area contributed by atoms with Crippen molar-refractivity contribution in [3.8, 4) is 11.1 Å². The fraction of sp³-hybridized carbons (Fsp3) is 0.364. The van der Waals surface area contributed by atoms with Gasteiger partial charge in [-0.2, -0.15) is 0 Å². The Morgan fingerprint density at radius 1 is 1.17 bits per heavy atom. The van der Waals surface area contributed by atoms with Crippen LogP contribution in [0.2, 0.25) is 0 Å². The molecule has 0 spiro atoms. The third-order valence-electron chi connectivity index (χ3n) is 6.22. The van der Waals surface area contributed by atoms with Crippen LogP contribution in [0.15, 0.2) is 30.6 Å². The number of aromatic amines is 1. The zero-order valence-corrected chi connectivity index (χ0v) is 16.8. The molecule has 1 aromatic carbocycles. The number of aliphatic hydroxyl groups is 1. The zero-order chi connectivity index (χ0) is 21.8. The predicted octanol–water partition coefficient (Wildman–Crippen LogP) is 3.97. The Kier molecular flexibility index (Phi) is 4.85. The maximum absolute atomic E-state index is 15.3. The molecule has 3 heterocycles. The fourth-order valence-corrected chi connectivity index (χ4v) is 4.62. The van der Waals surface area contributed by atoms with Crippen molar-refractivity contribution in [1.82, 2.24) is 14.9 Å². The highest BCUT2D eigenvalue weighted by atomic mass is 19.1. The smallest absolute Gasteiger partial charge is 0.219 e. The molecule has 1 aliphatic rings. The summed E-state index contributed by atoms with van der Waals surface area (Å²) in [4.78, 5) is 20.0. The molecule has 4 rings (SSSR count). The van der Waals surface area contributed by atoms with E-state index >= 15 is 8.78 Å². The van der Waals surface area contributed by atoms with Gasteiger partial charge in [0.25, 0.3) is 0 Å². The van der Waals surface area contributed by atoms with Gasteiger partial charge in [0.15, 0.2) is 5.82 Å². The van der Waals surface area contributed by atoms with E-state index < -0.39 is 40.5 Å². The predicted molar refractivity (Wildman–Crippen MR) is 106 cm³/mol. The molecule has 0 radical (unpaired) electrons. The summed E-state index contributed by atoms with van der Waals surface area (Å²) in [6.07, 6.45) is 2.56. The van der Waals surface area contributed by atoms with Crippen molar-refractivity contribution >= 4 is 16.9 Å². The zero-order valence-electron chi connectivity index (χ0n) is 16.8. The van der Waals surface area contributed by atoms with E-state index in [4.69, 9.17) is 0 Å². The second-order valence-electron chi connectivity index (χ2n) is 8.09. The summed E-state index contributed by atoms with van der Waals surface area (Å²) in [5.74, 6) is -3.73. The van der Waals surface area contributed by atoms with E-state index in [1.54, 1.807) is 18.7 Å². The van der Waals surface area contributed by atoms with E-state index in [0.717, 1.165) is 18.3 Å². The molecule has 1 fully saturated rings. The first-order valence-electron chi connectivity index (χ1n) is 9.74. The number of pyridine rings is 1. The lowest BCUT2D eigenvalue weighted by molar-refractivity contribution is -0.147. The summed E-state index contributed by atoms with van der Waals surface area (Å²) in [5, 5.41) is 11.5. The lowest BCUT2D eigenvalue weighted by atomic mass is 9.70. The Morgan fingerprint density at radius 3 is 2.33 bits per heavy atom. The van der Waals surface area contributed by atoms with Crippen molar-refractivity contribution in [2.45, 2.75) is 26.4 Å². The number of piperidine rings is 1. The number of hydrogen-bond donors (Lipinski definition) is 2. The molecule has 1 aliphatic heterocycles. The van der Waals surface area contributed by atoms with E-state index in [2.05, 4.69) is 9.97 Å². The van der Waals surface area contributed by atoms with Crippen molar-refractivity contribution < 1.29 is 23.1 Å². The molecule has 3 aromatic rings. The van der Waals surface area contributed by atoms with E-state index in [1.807, 2.05) is 0 Å². The minimum atomic E-state index is -1.79. The number of nitrogens with zero attached hydrogens (tertiary/aromatic N) is 2. The first-order chi connectivity index (χ1) is 14.1. The highest BCUT2D eigenvalue weighted by Crippen LogP contribution is 2.44. The standard InChI is InChI=1S/C22H22F3N3O2/c1-11-9-28(13(3)29)10-12(2)22(11,30)20-16(23)6-14(7-17(20)24)15-4-5-26-21-19(15)18(25)8-27-21/h4-8,11-12,30H,9-10H2,1-3H3,(H,26,27)/t11-,12+,22-. The number of rotatable bonds is 2. The van der Waals surface area contributed by atoms with Gasteiger partial charge in [-0.15, -0.1) is 0 Å². The molecule has 2 aromatic heterocycles. The largest absolute Gasteiger partial charge is 0.384 e. The average molecular weight is 417 g/mol. The lowest BCUT2D eigenvalue weighted by Gasteiger charge is -2.48. The van der Waals surface area contributed by atoms with Gasteiger partial charge in [-0.3, -0.25) is 4.79 Å². The van der Waals surface area contributed by atoms with Crippen LogP contribution in [0.25, 0.3) is 22.2 Å². The van der Waals surface area contributed by atoms with Crippen LogP contribution in [0.5, 0.6) is 0 Å². The monoisotopic (exact) mass is 417 g/mol. The van der Waals surface area contributed by atoms with Crippen molar-refractivity contribution in [2.75, 3.05) is 13.1 Å². The Morgan fingerprint density at radius 2 is 1.77 bits per heavy atom. The van der Waals surface area contributed by atoms with Gasteiger partial charge in [0.1, 0.15) is 22.9 Å². The van der Waals surface area contributed by atoms with Crippen LogP contribution < -0.4 is 0 Å². The van der Waals surface area contributed by atoms with E-state index in [-0.39, 0.29) is 35.6 Å². The highest BCUT2D eigenvalue weighted by molar-refractivity contribution is 5.93. The van der Waals surface area contributed by atoms with Gasteiger partial charge in [-0.1, -0.05) is 13.8 Å². The van der Waals surface area contributed by atoms with Crippen molar-refractivity contribution in [1.29, 1.82) is 0 Å². The Bertz CT molecular complexity index is 1110. The lowest BCUT2D eigenvalue weighted by Crippen LogP contribution is -2.56. The average Bonchev–Trinajstić information content (AvgIpc) is 3.06. The molecule has 1 amide bonds. The highest BCUT2D eigenvalue weighted by Gasteiger charge is 2.49. The number of aromatic nitrogens is 2. The number of halogens is 3. The SMILES string of the molecule is CC(=O)N1C[C@@H](C)[C@](O)(c2c(F)cc(-c3ccnc4[nH]cc(F)c34)cc2F)[C@@H](C)C1. The Hall–Kier alpha value is -2.87. The van der Waals surface area contributed by atoms with Gasteiger partial charge in [-0.05, 0) is 29.3 Å². The number of nitrogens with one attached hydrogen (secondary N) is 1. The minimum absolute atomic E-state index is 0.138. The minimum Gasteiger partial charge on any atom is -0.384 e. The summed E-state index contributed by atoms with van der Waals surface area (Å²) in [6.45, 7) is 5.14. The van der Waals surface area contributed by atoms with Crippen LogP contribution in [0, 0.1) is 29.3 Å². The molecule has 0 bridgehead atoms. The molecule has 3 atom stereocenters. The number of fused-ring (bicyclic) bond motifs is 1. The van der Waals surface area contributed by atoms with Crippen LogP contribution in [0.3, 0.4) is 0 Å². The number of carbonyl (C=O) groups excluding carboxylic acids is 1. The molecule has 2 N–H and O–H groups in total.